The number of nitrogens with one attached hydrogen (secondary N) is 3. The van der Waals surface area contributed by atoms with Crippen molar-refractivity contribution in [1.29, 1.82) is 0 Å². The Morgan fingerprint density at radius 3 is 2.83 bits per heavy atom. The summed E-state index contributed by atoms with van der Waals surface area (Å²) in [5.74, 6) is -0.145. The smallest absolute Gasteiger partial charge is 0.239 e. The van der Waals surface area contributed by atoms with Crippen LogP contribution in [0.3, 0.4) is 0 Å². The number of hydrogen-bond donors (Lipinski definition) is 3. The van der Waals surface area contributed by atoms with Crippen LogP contribution in [0.5, 0.6) is 0 Å². The van der Waals surface area contributed by atoms with Gasteiger partial charge in [-0.25, -0.2) is 0 Å². The second-order valence-electron chi connectivity index (χ2n) is 4.81. The van der Waals surface area contributed by atoms with Crippen molar-refractivity contribution in [3.8, 4) is 0 Å². The van der Waals surface area contributed by atoms with Crippen LogP contribution in [-0.2, 0) is 14.3 Å². The van der Waals surface area contributed by atoms with Gasteiger partial charge in [-0.05, 0) is 12.8 Å². The fourth-order valence-corrected chi connectivity index (χ4v) is 2.33. The summed E-state index contributed by atoms with van der Waals surface area (Å²) in [5, 5.41) is 8.35. The van der Waals surface area contributed by atoms with Gasteiger partial charge in [0.05, 0.1) is 19.3 Å². The van der Waals surface area contributed by atoms with Gasteiger partial charge >= 0.3 is 0 Å². The third-order valence-corrected chi connectivity index (χ3v) is 3.39. The number of amides is 2. The van der Waals surface area contributed by atoms with E-state index in [1.807, 2.05) is 0 Å². The molecule has 1 unspecified atom stereocenters. The Morgan fingerprint density at radius 1 is 1.39 bits per heavy atom. The molecule has 2 amide bonds. The van der Waals surface area contributed by atoms with E-state index in [0.29, 0.717) is 25.8 Å². The van der Waals surface area contributed by atoms with E-state index in [4.69, 9.17) is 4.74 Å². The molecule has 18 heavy (non-hydrogen) atoms. The lowest BCUT2D eigenvalue weighted by molar-refractivity contribution is -0.126. The van der Waals surface area contributed by atoms with E-state index in [1.165, 1.54) is 12.8 Å². The van der Waals surface area contributed by atoms with Crippen molar-refractivity contribution in [2.75, 3.05) is 26.2 Å². The molecule has 0 spiro atoms. The largest absolute Gasteiger partial charge is 0.376 e. The lowest BCUT2D eigenvalue weighted by Gasteiger charge is -2.23. The average Bonchev–Trinajstić information content (AvgIpc) is 2.88. The standard InChI is InChI=1S/C12H21N3O3/c16-11-8-14-10(7-15-11)12(17)13-5-6-18-9-3-1-2-4-9/h9-10,14H,1-8H2,(H,13,17)(H,15,16). The van der Waals surface area contributed by atoms with Crippen LogP contribution in [0.15, 0.2) is 0 Å². The Balaban J connectivity index is 1.55. The molecule has 102 valence electrons. The molecule has 1 heterocycles. The molecule has 0 aromatic carbocycles. The summed E-state index contributed by atoms with van der Waals surface area (Å²) in [5.41, 5.74) is 0. The number of hydrogen-bond acceptors (Lipinski definition) is 4. The molecule has 0 bridgehead atoms. The summed E-state index contributed by atoms with van der Waals surface area (Å²) in [6, 6.07) is -0.325. The molecular weight excluding hydrogens is 234 g/mol. The van der Waals surface area contributed by atoms with Crippen LogP contribution in [0.4, 0.5) is 0 Å². The molecule has 0 radical (unpaired) electrons. The van der Waals surface area contributed by atoms with Gasteiger partial charge in [-0.15, -0.1) is 0 Å². The first-order valence-corrected chi connectivity index (χ1v) is 6.65. The molecule has 2 fully saturated rings. The Labute approximate surface area is 107 Å². The van der Waals surface area contributed by atoms with Gasteiger partial charge in [0.25, 0.3) is 0 Å². The molecule has 6 nitrogen and oxygen atoms in total. The van der Waals surface area contributed by atoms with Gasteiger partial charge in [0.15, 0.2) is 0 Å². The van der Waals surface area contributed by atoms with E-state index in [0.717, 1.165) is 12.8 Å². The molecule has 1 atom stereocenters. The third-order valence-electron chi connectivity index (χ3n) is 3.39. The highest BCUT2D eigenvalue weighted by atomic mass is 16.5. The van der Waals surface area contributed by atoms with E-state index < -0.39 is 0 Å². The van der Waals surface area contributed by atoms with Gasteiger partial charge in [-0.2, -0.15) is 0 Å². The van der Waals surface area contributed by atoms with Gasteiger partial charge in [0, 0.05) is 13.1 Å². The fourth-order valence-electron chi connectivity index (χ4n) is 2.33. The van der Waals surface area contributed by atoms with Crippen molar-refractivity contribution < 1.29 is 14.3 Å². The lowest BCUT2D eigenvalue weighted by Crippen LogP contribution is -2.58. The van der Waals surface area contributed by atoms with Gasteiger partial charge in [0.1, 0.15) is 6.04 Å². The molecule has 1 saturated heterocycles. The summed E-state index contributed by atoms with van der Waals surface area (Å²) < 4.78 is 5.65. The highest BCUT2D eigenvalue weighted by Gasteiger charge is 2.23. The molecule has 6 heteroatoms. The van der Waals surface area contributed by atoms with Crippen molar-refractivity contribution in [1.82, 2.24) is 16.0 Å². The maximum atomic E-state index is 11.7. The Bertz CT molecular complexity index is 293. The van der Waals surface area contributed by atoms with Gasteiger partial charge in [0.2, 0.25) is 11.8 Å². The maximum Gasteiger partial charge on any atom is 0.239 e. The number of carbonyl (C=O) groups is 2. The number of ether oxygens (including phenoxy) is 1. The fraction of sp³-hybridized carbons (Fsp3) is 0.833. The van der Waals surface area contributed by atoms with E-state index >= 15 is 0 Å². The van der Waals surface area contributed by atoms with Crippen LogP contribution < -0.4 is 16.0 Å². The first-order chi connectivity index (χ1) is 8.75. The van der Waals surface area contributed by atoms with Crippen LogP contribution in [0.1, 0.15) is 25.7 Å². The van der Waals surface area contributed by atoms with Crippen LogP contribution in [0.2, 0.25) is 0 Å². The first-order valence-electron chi connectivity index (χ1n) is 6.65. The SMILES string of the molecule is O=C1CNC(C(=O)NCCOC2CCCC2)CN1. The number of piperazine rings is 1. The number of carbonyl (C=O) groups excluding carboxylic acids is 2. The maximum absolute atomic E-state index is 11.7. The van der Waals surface area contributed by atoms with Gasteiger partial charge in [-0.1, -0.05) is 12.8 Å². The van der Waals surface area contributed by atoms with Crippen molar-refractivity contribution in [3.05, 3.63) is 0 Å². The van der Waals surface area contributed by atoms with Crippen LogP contribution in [0, 0.1) is 0 Å². The minimum absolute atomic E-state index is 0.0661. The van der Waals surface area contributed by atoms with Crippen LogP contribution in [-0.4, -0.2) is 50.2 Å². The minimum Gasteiger partial charge on any atom is -0.376 e. The topological polar surface area (TPSA) is 79.5 Å². The van der Waals surface area contributed by atoms with Gasteiger partial charge in [-0.3, -0.25) is 14.9 Å². The highest BCUT2D eigenvalue weighted by Crippen LogP contribution is 2.20. The first kappa shape index (κ1) is 13.3. The monoisotopic (exact) mass is 255 g/mol. The second kappa shape index (κ2) is 6.70. The summed E-state index contributed by atoms with van der Waals surface area (Å²) >= 11 is 0. The van der Waals surface area contributed by atoms with Crippen molar-refractivity contribution in [2.24, 2.45) is 0 Å². The molecule has 2 rings (SSSR count). The zero-order valence-electron chi connectivity index (χ0n) is 10.5. The predicted molar refractivity (Wildman–Crippen MR) is 66.0 cm³/mol. The molecule has 1 aliphatic heterocycles. The zero-order chi connectivity index (χ0) is 12.8. The normalized spacial score (nSPS) is 24.9. The second-order valence-corrected chi connectivity index (χ2v) is 4.81. The quantitative estimate of drug-likeness (QED) is 0.559. The van der Waals surface area contributed by atoms with Crippen molar-refractivity contribution >= 4 is 11.8 Å². The summed E-state index contributed by atoms with van der Waals surface area (Å²) in [6.07, 6.45) is 5.17. The van der Waals surface area contributed by atoms with E-state index in [-0.39, 0.29) is 24.4 Å². The van der Waals surface area contributed by atoms with Crippen LogP contribution in [0.25, 0.3) is 0 Å². The van der Waals surface area contributed by atoms with E-state index in [2.05, 4.69) is 16.0 Å². The Morgan fingerprint density at radius 2 is 2.17 bits per heavy atom. The third kappa shape index (κ3) is 3.96. The van der Waals surface area contributed by atoms with Crippen molar-refractivity contribution in [2.45, 2.75) is 37.8 Å². The van der Waals surface area contributed by atoms with E-state index in [1.54, 1.807) is 0 Å². The molecule has 3 N–H and O–H groups in total. The molecule has 0 aromatic heterocycles. The van der Waals surface area contributed by atoms with E-state index in [9.17, 15) is 9.59 Å². The highest BCUT2D eigenvalue weighted by molar-refractivity contribution is 5.86. The van der Waals surface area contributed by atoms with Crippen molar-refractivity contribution in [3.63, 3.8) is 0 Å². The minimum atomic E-state index is -0.325. The molecule has 2 aliphatic rings. The zero-order valence-corrected chi connectivity index (χ0v) is 10.5. The molecule has 0 aromatic rings. The summed E-state index contributed by atoms with van der Waals surface area (Å²) in [6.45, 7) is 1.65. The average molecular weight is 255 g/mol. The number of rotatable bonds is 5. The molecular formula is C12H21N3O3. The summed E-state index contributed by atoms with van der Waals surface area (Å²) in [7, 11) is 0. The summed E-state index contributed by atoms with van der Waals surface area (Å²) in [4.78, 5) is 22.6. The lowest BCUT2D eigenvalue weighted by atomic mass is 10.2. The van der Waals surface area contributed by atoms with Gasteiger partial charge < -0.3 is 15.4 Å². The predicted octanol–water partition coefficient (Wildman–Crippen LogP) is -0.850. The molecule has 1 aliphatic carbocycles. The Kier molecular flexibility index (Phi) is 4.95. The van der Waals surface area contributed by atoms with Crippen LogP contribution >= 0.6 is 0 Å². The molecule has 1 saturated carbocycles. The Hall–Kier alpha value is -1.14.